The van der Waals surface area contributed by atoms with E-state index in [4.69, 9.17) is 0 Å². The van der Waals surface area contributed by atoms with Crippen molar-refractivity contribution < 1.29 is 4.79 Å². The highest BCUT2D eigenvalue weighted by Gasteiger charge is 2.37. The summed E-state index contributed by atoms with van der Waals surface area (Å²) < 4.78 is 0. The molecule has 0 aliphatic heterocycles. The molecule has 0 N–H and O–H groups in total. The van der Waals surface area contributed by atoms with Crippen molar-refractivity contribution in [3.05, 3.63) is 35.4 Å². The SMILES string of the molecule is CN(C)C1(c2ccccc2C=O)CCCCC1. The smallest absolute Gasteiger partial charge is 0.150 e. The standard InChI is InChI=1S/C15H21NO/c1-16(2)15(10-6-3-7-11-15)14-9-5-4-8-13(14)12-17/h4-5,8-9,12H,3,6-7,10-11H2,1-2H3. The molecule has 0 saturated heterocycles. The molecule has 2 heteroatoms. The van der Waals surface area contributed by atoms with Crippen LogP contribution in [-0.2, 0) is 5.54 Å². The van der Waals surface area contributed by atoms with Gasteiger partial charge in [0.1, 0.15) is 6.29 Å². The minimum absolute atomic E-state index is 0.0652. The van der Waals surface area contributed by atoms with E-state index in [1.807, 2.05) is 18.2 Å². The molecule has 2 nitrogen and oxygen atoms in total. The van der Waals surface area contributed by atoms with E-state index >= 15 is 0 Å². The fourth-order valence-electron chi connectivity index (χ4n) is 3.12. The molecule has 1 aliphatic carbocycles. The van der Waals surface area contributed by atoms with Crippen LogP contribution >= 0.6 is 0 Å². The Morgan fingerprint density at radius 2 is 1.76 bits per heavy atom. The van der Waals surface area contributed by atoms with Crippen molar-refractivity contribution in [2.24, 2.45) is 0 Å². The van der Waals surface area contributed by atoms with Gasteiger partial charge in [0.2, 0.25) is 0 Å². The van der Waals surface area contributed by atoms with Crippen molar-refractivity contribution in [3.8, 4) is 0 Å². The summed E-state index contributed by atoms with van der Waals surface area (Å²) >= 11 is 0. The van der Waals surface area contributed by atoms with Crippen molar-refractivity contribution in [1.29, 1.82) is 0 Å². The third-order valence-electron chi connectivity index (χ3n) is 4.13. The van der Waals surface area contributed by atoms with Crippen LogP contribution in [0, 0.1) is 0 Å². The molecule has 1 aromatic carbocycles. The number of rotatable bonds is 3. The molecular weight excluding hydrogens is 210 g/mol. The lowest BCUT2D eigenvalue weighted by Crippen LogP contribution is -2.43. The van der Waals surface area contributed by atoms with E-state index in [2.05, 4.69) is 25.1 Å². The van der Waals surface area contributed by atoms with Gasteiger partial charge in [-0.1, -0.05) is 43.5 Å². The predicted octanol–water partition coefficient (Wildman–Crippen LogP) is 3.22. The first-order chi connectivity index (χ1) is 8.20. The maximum Gasteiger partial charge on any atom is 0.150 e. The van der Waals surface area contributed by atoms with E-state index in [1.165, 1.54) is 24.8 Å². The van der Waals surface area contributed by atoms with Gasteiger partial charge in [-0.3, -0.25) is 9.69 Å². The zero-order valence-corrected chi connectivity index (χ0v) is 10.8. The molecule has 1 aromatic rings. The first-order valence-electron chi connectivity index (χ1n) is 6.43. The topological polar surface area (TPSA) is 20.3 Å². The monoisotopic (exact) mass is 231 g/mol. The van der Waals surface area contributed by atoms with Crippen molar-refractivity contribution >= 4 is 6.29 Å². The molecule has 0 amide bonds. The molecule has 0 unspecified atom stereocenters. The van der Waals surface area contributed by atoms with E-state index in [9.17, 15) is 4.79 Å². The third-order valence-corrected chi connectivity index (χ3v) is 4.13. The Balaban J connectivity index is 2.48. The molecule has 0 aromatic heterocycles. The number of nitrogens with zero attached hydrogens (tertiary/aromatic N) is 1. The highest BCUT2D eigenvalue weighted by molar-refractivity contribution is 5.78. The Bertz CT molecular complexity index is 392. The van der Waals surface area contributed by atoms with Gasteiger partial charge < -0.3 is 0 Å². The summed E-state index contributed by atoms with van der Waals surface area (Å²) in [5.74, 6) is 0. The molecule has 92 valence electrons. The van der Waals surface area contributed by atoms with Gasteiger partial charge in [0.25, 0.3) is 0 Å². The summed E-state index contributed by atoms with van der Waals surface area (Å²) in [5, 5.41) is 0. The maximum absolute atomic E-state index is 11.2. The van der Waals surface area contributed by atoms with E-state index in [0.29, 0.717) is 0 Å². The number of carbonyl (C=O) groups is 1. The molecule has 2 rings (SSSR count). The van der Waals surface area contributed by atoms with Crippen LogP contribution in [0.4, 0.5) is 0 Å². The molecule has 0 spiro atoms. The molecule has 0 bridgehead atoms. The van der Waals surface area contributed by atoms with Crippen molar-refractivity contribution in [1.82, 2.24) is 4.90 Å². The molecule has 0 atom stereocenters. The van der Waals surface area contributed by atoms with Crippen LogP contribution in [0.5, 0.6) is 0 Å². The number of benzene rings is 1. The maximum atomic E-state index is 11.2. The Morgan fingerprint density at radius 1 is 1.12 bits per heavy atom. The van der Waals surface area contributed by atoms with Gasteiger partial charge in [0.05, 0.1) is 0 Å². The van der Waals surface area contributed by atoms with Crippen molar-refractivity contribution in [2.45, 2.75) is 37.6 Å². The third kappa shape index (κ3) is 2.14. The van der Waals surface area contributed by atoms with Crippen LogP contribution in [0.2, 0.25) is 0 Å². The van der Waals surface area contributed by atoms with Crippen LogP contribution < -0.4 is 0 Å². The van der Waals surface area contributed by atoms with Gasteiger partial charge in [0.15, 0.2) is 0 Å². The summed E-state index contributed by atoms with van der Waals surface area (Å²) in [4.78, 5) is 13.5. The van der Waals surface area contributed by atoms with Gasteiger partial charge in [-0.05, 0) is 32.5 Å². The van der Waals surface area contributed by atoms with Gasteiger partial charge in [-0.2, -0.15) is 0 Å². The van der Waals surface area contributed by atoms with Gasteiger partial charge >= 0.3 is 0 Å². The van der Waals surface area contributed by atoms with Crippen LogP contribution in [0.25, 0.3) is 0 Å². The van der Waals surface area contributed by atoms with Crippen LogP contribution in [0.3, 0.4) is 0 Å². The lowest BCUT2D eigenvalue weighted by atomic mass is 9.74. The second-order valence-electron chi connectivity index (χ2n) is 5.19. The van der Waals surface area contributed by atoms with Crippen molar-refractivity contribution in [3.63, 3.8) is 0 Å². The fraction of sp³-hybridized carbons (Fsp3) is 0.533. The molecular formula is C15H21NO. The molecule has 0 radical (unpaired) electrons. The Labute approximate surface area is 104 Å². The minimum Gasteiger partial charge on any atom is -0.300 e. The van der Waals surface area contributed by atoms with E-state index < -0.39 is 0 Å². The summed E-state index contributed by atoms with van der Waals surface area (Å²) in [6.45, 7) is 0. The largest absolute Gasteiger partial charge is 0.300 e. The lowest BCUT2D eigenvalue weighted by Gasteiger charge is -2.44. The lowest BCUT2D eigenvalue weighted by molar-refractivity contribution is 0.0956. The van der Waals surface area contributed by atoms with E-state index in [1.54, 1.807) is 0 Å². The van der Waals surface area contributed by atoms with Gasteiger partial charge in [-0.25, -0.2) is 0 Å². The Kier molecular flexibility index (Phi) is 3.63. The number of hydrogen-bond donors (Lipinski definition) is 0. The quantitative estimate of drug-likeness (QED) is 0.744. The molecule has 1 saturated carbocycles. The predicted molar refractivity (Wildman–Crippen MR) is 70.3 cm³/mol. The van der Waals surface area contributed by atoms with Crippen LogP contribution in [-0.4, -0.2) is 25.3 Å². The minimum atomic E-state index is 0.0652. The average Bonchev–Trinajstić information content (AvgIpc) is 2.39. The van der Waals surface area contributed by atoms with Gasteiger partial charge in [0, 0.05) is 11.1 Å². The second kappa shape index (κ2) is 5.01. The number of carbonyl (C=O) groups excluding carboxylic acids is 1. The second-order valence-corrected chi connectivity index (χ2v) is 5.19. The average molecular weight is 231 g/mol. The summed E-state index contributed by atoms with van der Waals surface area (Å²) in [6, 6.07) is 8.04. The molecule has 0 heterocycles. The summed E-state index contributed by atoms with van der Waals surface area (Å²) in [7, 11) is 4.26. The Morgan fingerprint density at radius 3 is 2.35 bits per heavy atom. The van der Waals surface area contributed by atoms with Gasteiger partial charge in [-0.15, -0.1) is 0 Å². The molecule has 1 fully saturated rings. The summed E-state index contributed by atoms with van der Waals surface area (Å²) in [5.41, 5.74) is 2.12. The van der Waals surface area contributed by atoms with Crippen molar-refractivity contribution in [2.75, 3.05) is 14.1 Å². The van der Waals surface area contributed by atoms with E-state index in [-0.39, 0.29) is 5.54 Å². The fourth-order valence-corrected chi connectivity index (χ4v) is 3.12. The zero-order chi connectivity index (χ0) is 12.3. The first-order valence-corrected chi connectivity index (χ1v) is 6.43. The number of aldehydes is 1. The molecule has 1 aliphatic rings. The summed E-state index contributed by atoms with van der Waals surface area (Å²) in [6.07, 6.45) is 7.14. The van der Waals surface area contributed by atoms with E-state index in [0.717, 1.165) is 24.7 Å². The highest BCUT2D eigenvalue weighted by atomic mass is 16.1. The van der Waals surface area contributed by atoms with Crippen LogP contribution in [0.15, 0.2) is 24.3 Å². The normalized spacial score (nSPS) is 19.2. The molecule has 17 heavy (non-hydrogen) atoms. The Hall–Kier alpha value is -1.15. The highest BCUT2D eigenvalue weighted by Crippen LogP contribution is 2.41. The first kappa shape index (κ1) is 12.3. The van der Waals surface area contributed by atoms with Crippen LogP contribution in [0.1, 0.15) is 48.0 Å². The number of hydrogen-bond acceptors (Lipinski definition) is 2. The zero-order valence-electron chi connectivity index (χ0n) is 10.8.